The lowest BCUT2D eigenvalue weighted by molar-refractivity contribution is 0.0258. The molecule has 1 aliphatic rings. The zero-order valence-corrected chi connectivity index (χ0v) is 12.1. The summed E-state index contributed by atoms with van der Waals surface area (Å²) in [5.74, 6) is 0.691. The third kappa shape index (κ3) is 4.44. The van der Waals surface area contributed by atoms with Crippen LogP contribution in [-0.2, 0) is 10.2 Å². The van der Waals surface area contributed by atoms with Crippen LogP contribution in [0.5, 0.6) is 0 Å². The molecule has 2 rings (SSSR count). The van der Waals surface area contributed by atoms with Gasteiger partial charge in [0.1, 0.15) is 0 Å². The second kappa shape index (κ2) is 6.30. The van der Waals surface area contributed by atoms with Gasteiger partial charge >= 0.3 is 0 Å². The predicted octanol–water partition coefficient (Wildman–Crippen LogP) is 1.56. The maximum absolute atomic E-state index is 5.64. The van der Waals surface area contributed by atoms with Crippen molar-refractivity contribution in [1.29, 1.82) is 0 Å². The molecule has 1 atom stereocenters. The van der Waals surface area contributed by atoms with Crippen LogP contribution in [0.25, 0.3) is 0 Å². The Bertz CT molecular complexity index is 379. The molecular formula is C14H24N4O. The minimum absolute atomic E-state index is 0.0974. The maximum atomic E-state index is 5.64. The number of anilines is 1. The number of morpholine rings is 1. The lowest BCUT2D eigenvalue weighted by Crippen LogP contribution is -2.39. The second-order valence-electron chi connectivity index (χ2n) is 5.96. The van der Waals surface area contributed by atoms with Crippen molar-refractivity contribution < 1.29 is 4.74 Å². The van der Waals surface area contributed by atoms with Crippen LogP contribution in [-0.4, -0.2) is 42.3 Å². The van der Waals surface area contributed by atoms with E-state index >= 15 is 0 Å². The van der Waals surface area contributed by atoms with Crippen molar-refractivity contribution in [2.24, 2.45) is 0 Å². The van der Waals surface area contributed by atoms with E-state index in [1.54, 1.807) is 0 Å². The standard InChI is InChI=1S/C14H24N4O/c1-14(2,3)11-8-17-13(18-9-11)16-5-4-12-10-15-6-7-19-12/h8-9,12,15H,4-7,10H2,1-3H3,(H,16,17,18). The molecule has 2 N–H and O–H groups in total. The van der Waals surface area contributed by atoms with Crippen molar-refractivity contribution in [3.05, 3.63) is 18.0 Å². The highest BCUT2D eigenvalue weighted by molar-refractivity contribution is 5.27. The number of rotatable bonds is 4. The molecule has 0 spiro atoms. The Morgan fingerprint density at radius 2 is 2.11 bits per heavy atom. The fourth-order valence-corrected chi connectivity index (χ4v) is 1.96. The van der Waals surface area contributed by atoms with Crippen molar-refractivity contribution in [1.82, 2.24) is 15.3 Å². The van der Waals surface area contributed by atoms with E-state index in [1.165, 1.54) is 0 Å². The Balaban J connectivity index is 1.76. The lowest BCUT2D eigenvalue weighted by Gasteiger charge is -2.23. The van der Waals surface area contributed by atoms with Gasteiger partial charge in [0.05, 0.1) is 12.7 Å². The summed E-state index contributed by atoms with van der Waals surface area (Å²) in [7, 11) is 0. The van der Waals surface area contributed by atoms with E-state index in [-0.39, 0.29) is 5.41 Å². The van der Waals surface area contributed by atoms with Crippen molar-refractivity contribution in [2.75, 3.05) is 31.6 Å². The highest BCUT2D eigenvalue weighted by Crippen LogP contribution is 2.20. The molecule has 5 nitrogen and oxygen atoms in total. The normalized spacial score (nSPS) is 20.3. The lowest BCUT2D eigenvalue weighted by atomic mass is 9.89. The molecule has 1 fully saturated rings. The van der Waals surface area contributed by atoms with E-state index in [4.69, 9.17) is 4.74 Å². The summed E-state index contributed by atoms with van der Waals surface area (Å²) in [5.41, 5.74) is 1.25. The van der Waals surface area contributed by atoms with Crippen LogP contribution >= 0.6 is 0 Å². The van der Waals surface area contributed by atoms with Crippen LogP contribution in [0.3, 0.4) is 0 Å². The highest BCUT2D eigenvalue weighted by Gasteiger charge is 2.15. The molecule has 0 amide bonds. The molecule has 1 saturated heterocycles. The van der Waals surface area contributed by atoms with Gasteiger partial charge in [0.25, 0.3) is 0 Å². The predicted molar refractivity (Wildman–Crippen MR) is 76.4 cm³/mol. The van der Waals surface area contributed by atoms with Gasteiger partial charge in [-0.3, -0.25) is 0 Å². The number of ether oxygens (including phenoxy) is 1. The summed E-state index contributed by atoms with van der Waals surface area (Å²) in [4.78, 5) is 8.70. The molecule has 1 aromatic rings. The molecule has 1 aromatic heterocycles. The highest BCUT2D eigenvalue weighted by atomic mass is 16.5. The molecule has 0 saturated carbocycles. The summed E-state index contributed by atoms with van der Waals surface area (Å²) in [6.07, 6.45) is 5.06. The number of nitrogens with one attached hydrogen (secondary N) is 2. The van der Waals surface area contributed by atoms with Gasteiger partial charge in [0.15, 0.2) is 0 Å². The second-order valence-corrected chi connectivity index (χ2v) is 5.96. The van der Waals surface area contributed by atoms with Crippen LogP contribution in [0.4, 0.5) is 5.95 Å². The van der Waals surface area contributed by atoms with Crippen LogP contribution in [0.2, 0.25) is 0 Å². The first-order chi connectivity index (χ1) is 9.05. The smallest absolute Gasteiger partial charge is 0.222 e. The molecule has 0 aliphatic carbocycles. The maximum Gasteiger partial charge on any atom is 0.222 e. The number of aromatic nitrogens is 2. The van der Waals surface area contributed by atoms with Gasteiger partial charge in [-0.1, -0.05) is 20.8 Å². The minimum atomic E-state index is 0.0974. The first-order valence-corrected chi connectivity index (χ1v) is 6.94. The first-order valence-electron chi connectivity index (χ1n) is 6.94. The Morgan fingerprint density at radius 3 is 2.68 bits per heavy atom. The van der Waals surface area contributed by atoms with Gasteiger partial charge in [-0.25, -0.2) is 9.97 Å². The molecule has 0 radical (unpaired) electrons. The molecule has 1 unspecified atom stereocenters. The third-order valence-electron chi connectivity index (χ3n) is 3.27. The van der Waals surface area contributed by atoms with E-state index in [9.17, 15) is 0 Å². The van der Waals surface area contributed by atoms with Gasteiger partial charge in [-0.2, -0.15) is 0 Å². The van der Waals surface area contributed by atoms with E-state index in [0.29, 0.717) is 12.1 Å². The van der Waals surface area contributed by atoms with Gasteiger partial charge in [-0.15, -0.1) is 0 Å². The first kappa shape index (κ1) is 14.2. The van der Waals surface area contributed by atoms with Crippen molar-refractivity contribution in [3.8, 4) is 0 Å². The van der Waals surface area contributed by atoms with Crippen LogP contribution < -0.4 is 10.6 Å². The summed E-state index contributed by atoms with van der Waals surface area (Å²) in [6.45, 7) is 10.0. The van der Waals surface area contributed by atoms with Crippen molar-refractivity contribution in [2.45, 2.75) is 38.7 Å². The Labute approximate surface area is 115 Å². The monoisotopic (exact) mass is 264 g/mol. The van der Waals surface area contributed by atoms with Crippen LogP contribution in [0, 0.1) is 0 Å². The summed E-state index contributed by atoms with van der Waals surface area (Å²) in [5, 5.41) is 6.56. The molecule has 106 valence electrons. The van der Waals surface area contributed by atoms with Gasteiger partial charge < -0.3 is 15.4 Å². The molecular weight excluding hydrogens is 240 g/mol. The fraction of sp³-hybridized carbons (Fsp3) is 0.714. The van der Waals surface area contributed by atoms with E-state index in [1.807, 2.05) is 12.4 Å². The van der Waals surface area contributed by atoms with Gasteiger partial charge in [-0.05, 0) is 17.4 Å². The summed E-state index contributed by atoms with van der Waals surface area (Å²) >= 11 is 0. The average Bonchev–Trinajstić information content (AvgIpc) is 2.39. The SMILES string of the molecule is CC(C)(C)c1cnc(NCCC2CNCCO2)nc1. The molecule has 0 bridgehead atoms. The van der Waals surface area contributed by atoms with E-state index < -0.39 is 0 Å². The molecule has 1 aliphatic heterocycles. The third-order valence-corrected chi connectivity index (χ3v) is 3.27. The number of hydrogen-bond donors (Lipinski definition) is 2. The average molecular weight is 264 g/mol. The van der Waals surface area contributed by atoms with Crippen molar-refractivity contribution >= 4 is 5.95 Å². The number of nitrogens with zero attached hydrogens (tertiary/aromatic N) is 2. The quantitative estimate of drug-likeness (QED) is 0.864. The zero-order chi connectivity index (χ0) is 13.7. The largest absolute Gasteiger partial charge is 0.376 e. The van der Waals surface area contributed by atoms with Gasteiger partial charge in [0.2, 0.25) is 5.95 Å². The van der Waals surface area contributed by atoms with Gasteiger partial charge in [0, 0.05) is 32.0 Å². The Morgan fingerprint density at radius 1 is 1.37 bits per heavy atom. The van der Waals surface area contributed by atoms with E-state index in [0.717, 1.165) is 38.2 Å². The Hall–Kier alpha value is -1.20. The van der Waals surface area contributed by atoms with Crippen LogP contribution in [0.15, 0.2) is 12.4 Å². The zero-order valence-electron chi connectivity index (χ0n) is 12.1. The number of hydrogen-bond acceptors (Lipinski definition) is 5. The molecule has 19 heavy (non-hydrogen) atoms. The summed E-state index contributed by atoms with van der Waals surface area (Å²) in [6, 6.07) is 0. The summed E-state index contributed by atoms with van der Waals surface area (Å²) < 4.78 is 5.64. The molecule has 2 heterocycles. The van der Waals surface area contributed by atoms with Crippen LogP contribution in [0.1, 0.15) is 32.8 Å². The van der Waals surface area contributed by atoms with E-state index in [2.05, 4.69) is 41.4 Å². The van der Waals surface area contributed by atoms with Crippen molar-refractivity contribution in [3.63, 3.8) is 0 Å². The molecule has 5 heteroatoms. The molecule has 0 aromatic carbocycles. The Kier molecular flexibility index (Phi) is 4.71. The topological polar surface area (TPSA) is 59.1 Å². The fourth-order valence-electron chi connectivity index (χ4n) is 1.96. The minimum Gasteiger partial charge on any atom is -0.376 e.